The summed E-state index contributed by atoms with van der Waals surface area (Å²) in [5.74, 6) is 0.326. The molecule has 33 heavy (non-hydrogen) atoms. The number of piperazine rings is 1. The van der Waals surface area contributed by atoms with Crippen LogP contribution in [0, 0.1) is 5.92 Å². The fourth-order valence-corrected chi connectivity index (χ4v) is 5.46. The third-order valence-corrected chi connectivity index (χ3v) is 7.27. The first-order valence-electron chi connectivity index (χ1n) is 12.1. The number of pyridine rings is 1. The van der Waals surface area contributed by atoms with Crippen LogP contribution in [0.5, 0.6) is 0 Å². The second-order valence-electron chi connectivity index (χ2n) is 9.60. The number of carbonyl (C=O) groups is 3. The lowest BCUT2D eigenvalue weighted by Gasteiger charge is -2.41. The van der Waals surface area contributed by atoms with Crippen molar-refractivity contribution in [1.29, 1.82) is 0 Å². The van der Waals surface area contributed by atoms with Crippen molar-refractivity contribution in [3.05, 3.63) is 30.1 Å². The van der Waals surface area contributed by atoms with Crippen molar-refractivity contribution in [2.24, 2.45) is 5.92 Å². The lowest BCUT2D eigenvalue weighted by atomic mass is 9.88. The molecule has 1 N–H and O–H groups in total. The summed E-state index contributed by atoms with van der Waals surface area (Å²) < 4.78 is 1.76. The second-order valence-corrected chi connectivity index (χ2v) is 9.60. The summed E-state index contributed by atoms with van der Waals surface area (Å²) >= 11 is 0. The minimum atomic E-state index is -0.404. The standard InChI is InChI=1S/C24H32N6O3/c1-17-15-27(11-12-28(17)23(32)19-5-3-2-4-6-19)16-18-7-10-30-20(13-18)21(14-25-30)29-9-8-22(31)26-24(29)33/h7,10,13-14,17,19H,2-6,8-9,11-12,15-16H2,1H3,(H,26,31,33)/t17-/m0/s1. The molecule has 5 rings (SSSR count). The van der Waals surface area contributed by atoms with Crippen LogP contribution < -0.4 is 10.2 Å². The zero-order valence-corrected chi connectivity index (χ0v) is 19.2. The van der Waals surface area contributed by atoms with Crippen LogP contribution in [-0.4, -0.2) is 69.5 Å². The summed E-state index contributed by atoms with van der Waals surface area (Å²) in [4.78, 5) is 42.9. The highest BCUT2D eigenvalue weighted by Gasteiger charge is 2.32. The number of fused-ring (bicyclic) bond motifs is 1. The van der Waals surface area contributed by atoms with Crippen LogP contribution in [0.1, 0.15) is 51.0 Å². The number of imide groups is 1. The van der Waals surface area contributed by atoms with Gasteiger partial charge in [-0.2, -0.15) is 5.10 Å². The molecule has 176 valence electrons. The molecule has 0 aromatic carbocycles. The second kappa shape index (κ2) is 9.13. The van der Waals surface area contributed by atoms with Gasteiger partial charge in [-0.25, -0.2) is 9.31 Å². The van der Waals surface area contributed by atoms with Crippen molar-refractivity contribution in [3.8, 4) is 0 Å². The molecule has 4 heterocycles. The van der Waals surface area contributed by atoms with E-state index in [2.05, 4.69) is 33.2 Å². The Hall–Kier alpha value is -2.94. The van der Waals surface area contributed by atoms with Gasteiger partial charge in [0.2, 0.25) is 11.8 Å². The summed E-state index contributed by atoms with van der Waals surface area (Å²) in [7, 11) is 0. The minimum Gasteiger partial charge on any atom is -0.337 e. The molecule has 3 aliphatic rings. The fourth-order valence-electron chi connectivity index (χ4n) is 5.46. The van der Waals surface area contributed by atoms with E-state index in [-0.39, 0.29) is 24.3 Å². The summed E-state index contributed by atoms with van der Waals surface area (Å²) in [6, 6.07) is 3.92. The fraction of sp³-hybridized carbons (Fsp3) is 0.583. The van der Waals surface area contributed by atoms with Crippen LogP contribution in [0.2, 0.25) is 0 Å². The number of nitrogens with one attached hydrogen (secondary N) is 1. The Labute approximate surface area is 193 Å². The lowest BCUT2D eigenvalue weighted by molar-refractivity contribution is -0.141. The van der Waals surface area contributed by atoms with Gasteiger partial charge in [-0.3, -0.25) is 24.7 Å². The van der Waals surface area contributed by atoms with Crippen LogP contribution in [0.25, 0.3) is 5.52 Å². The first-order valence-corrected chi connectivity index (χ1v) is 12.1. The van der Waals surface area contributed by atoms with Crippen molar-refractivity contribution < 1.29 is 14.4 Å². The van der Waals surface area contributed by atoms with Crippen molar-refractivity contribution in [1.82, 2.24) is 24.7 Å². The number of hydrogen-bond donors (Lipinski definition) is 1. The maximum atomic E-state index is 13.0. The molecule has 2 aromatic rings. The van der Waals surface area contributed by atoms with Crippen molar-refractivity contribution in [2.45, 2.75) is 58.0 Å². The van der Waals surface area contributed by atoms with E-state index in [1.807, 2.05) is 12.3 Å². The summed E-state index contributed by atoms with van der Waals surface area (Å²) in [5, 5.41) is 6.75. The van der Waals surface area contributed by atoms with E-state index < -0.39 is 6.03 Å². The van der Waals surface area contributed by atoms with Crippen LogP contribution in [0.4, 0.5) is 10.5 Å². The van der Waals surface area contributed by atoms with Crippen LogP contribution >= 0.6 is 0 Å². The minimum absolute atomic E-state index is 0.206. The Bertz CT molecular complexity index is 1060. The predicted octanol–water partition coefficient (Wildman–Crippen LogP) is 2.39. The first-order chi connectivity index (χ1) is 16.0. The van der Waals surface area contributed by atoms with E-state index in [0.29, 0.717) is 18.1 Å². The number of amides is 4. The third kappa shape index (κ3) is 4.46. The molecule has 3 fully saturated rings. The molecule has 2 aliphatic heterocycles. The highest BCUT2D eigenvalue weighted by Crippen LogP contribution is 2.28. The average molecular weight is 453 g/mol. The molecule has 2 saturated heterocycles. The number of nitrogens with zero attached hydrogens (tertiary/aromatic N) is 5. The van der Waals surface area contributed by atoms with Crippen LogP contribution in [0.3, 0.4) is 0 Å². The van der Waals surface area contributed by atoms with Gasteiger partial charge in [0.05, 0.1) is 17.4 Å². The molecule has 9 nitrogen and oxygen atoms in total. The molecular weight excluding hydrogens is 420 g/mol. The molecule has 0 radical (unpaired) electrons. The van der Waals surface area contributed by atoms with Gasteiger partial charge in [0, 0.05) is 57.3 Å². The highest BCUT2D eigenvalue weighted by atomic mass is 16.2. The van der Waals surface area contributed by atoms with E-state index in [1.54, 1.807) is 15.6 Å². The van der Waals surface area contributed by atoms with Crippen LogP contribution in [0.15, 0.2) is 24.5 Å². The predicted molar refractivity (Wildman–Crippen MR) is 124 cm³/mol. The summed E-state index contributed by atoms with van der Waals surface area (Å²) in [5.41, 5.74) is 2.69. The van der Waals surface area contributed by atoms with Crippen molar-refractivity contribution in [2.75, 3.05) is 31.1 Å². The van der Waals surface area contributed by atoms with Crippen LogP contribution in [-0.2, 0) is 16.1 Å². The van der Waals surface area contributed by atoms with Gasteiger partial charge >= 0.3 is 6.03 Å². The molecule has 1 atom stereocenters. The number of carbonyl (C=O) groups excluding carboxylic acids is 3. The third-order valence-electron chi connectivity index (χ3n) is 7.27. The summed E-state index contributed by atoms with van der Waals surface area (Å²) in [6.07, 6.45) is 9.57. The monoisotopic (exact) mass is 452 g/mol. The Kier molecular flexibility index (Phi) is 6.05. The quantitative estimate of drug-likeness (QED) is 0.769. The first kappa shape index (κ1) is 21.9. The van der Waals surface area contributed by atoms with E-state index in [9.17, 15) is 14.4 Å². The zero-order chi connectivity index (χ0) is 22.9. The van der Waals surface area contributed by atoms with Crippen molar-refractivity contribution in [3.63, 3.8) is 0 Å². The van der Waals surface area contributed by atoms with Gasteiger partial charge in [-0.05, 0) is 37.5 Å². The molecule has 0 spiro atoms. The normalized spacial score (nSPS) is 23.2. The van der Waals surface area contributed by atoms with E-state index in [4.69, 9.17) is 0 Å². The average Bonchev–Trinajstić information content (AvgIpc) is 3.22. The molecular formula is C24H32N6O3. The molecule has 1 saturated carbocycles. The Morgan fingerprint density at radius 3 is 2.73 bits per heavy atom. The molecule has 2 aromatic heterocycles. The lowest BCUT2D eigenvalue weighted by Crippen LogP contribution is -2.55. The van der Waals surface area contributed by atoms with E-state index in [0.717, 1.165) is 50.1 Å². The van der Waals surface area contributed by atoms with E-state index in [1.165, 1.54) is 19.3 Å². The molecule has 1 aliphatic carbocycles. The number of urea groups is 1. The molecule has 0 unspecified atom stereocenters. The SMILES string of the molecule is C[C@H]1CN(Cc2ccn3ncc(N4CCC(=O)NC4=O)c3c2)CCN1C(=O)C1CCCCC1. The summed E-state index contributed by atoms with van der Waals surface area (Å²) in [6.45, 7) is 5.77. The maximum Gasteiger partial charge on any atom is 0.328 e. The largest absolute Gasteiger partial charge is 0.337 e. The molecule has 9 heteroatoms. The topological polar surface area (TPSA) is 90.3 Å². The Balaban J connectivity index is 1.26. The number of aromatic nitrogens is 2. The maximum absolute atomic E-state index is 13.0. The number of anilines is 1. The number of rotatable bonds is 4. The van der Waals surface area contributed by atoms with Gasteiger partial charge < -0.3 is 4.90 Å². The molecule has 0 bridgehead atoms. The van der Waals surface area contributed by atoms with Gasteiger partial charge in [-0.1, -0.05) is 19.3 Å². The molecule has 4 amide bonds. The van der Waals surface area contributed by atoms with Gasteiger partial charge in [0.25, 0.3) is 0 Å². The Morgan fingerprint density at radius 2 is 1.97 bits per heavy atom. The number of hydrogen-bond acceptors (Lipinski definition) is 5. The van der Waals surface area contributed by atoms with Gasteiger partial charge in [0.15, 0.2) is 0 Å². The zero-order valence-electron chi connectivity index (χ0n) is 19.2. The smallest absolute Gasteiger partial charge is 0.328 e. The van der Waals surface area contributed by atoms with E-state index >= 15 is 0 Å². The van der Waals surface area contributed by atoms with Crippen molar-refractivity contribution >= 4 is 29.0 Å². The van der Waals surface area contributed by atoms with Gasteiger partial charge in [-0.15, -0.1) is 0 Å². The Morgan fingerprint density at radius 1 is 1.15 bits per heavy atom. The highest BCUT2D eigenvalue weighted by molar-refractivity contribution is 6.07. The van der Waals surface area contributed by atoms with Gasteiger partial charge in [0.1, 0.15) is 0 Å².